The van der Waals surface area contributed by atoms with Gasteiger partial charge in [0.2, 0.25) is 5.95 Å². The van der Waals surface area contributed by atoms with Crippen molar-refractivity contribution >= 4 is 5.95 Å². The number of benzene rings is 1. The second-order valence-electron chi connectivity index (χ2n) is 7.14. The molecule has 1 spiro atoms. The third kappa shape index (κ3) is 2.50. The summed E-state index contributed by atoms with van der Waals surface area (Å²) in [5, 5.41) is 29.0. The highest BCUT2D eigenvalue weighted by Gasteiger charge is 2.43. The van der Waals surface area contributed by atoms with Crippen LogP contribution in [0.25, 0.3) is 22.4 Å². The number of H-pyrrole nitrogens is 1. The predicted molar refractivity (Wildman–Crippen MR) is 96.6 cm³/mol. The number of nitrogens with zero attached hydrogens (tertiary/aromatic N) is 5. The number of anilines is 1. The van der Waals surface area contributed by atoms with Crippen molar-refractivity contribution in [2.45, 2.75) is 6.42 Å². The molecule has 2 fully saturated rings. The minimum atomic E-state index is 0.146. The van der Waals surface area contributed by atoms with E-state index in [4.69, 9.17) is 0 Å². The Labute approximate surface area is 150 Å². The lowest BCUT2D eigenvalue weighted by molar-refractivity contribution is 0.199. The summed E-state index contributed by atoms with van der Waals surface area (Å²) >= 11 is 0. The smallest absolute Gasteiger partial charge is 0.245 e. The number of phenols is 1. The van der Waals surface area contributed by atoms with E-state index in [2.05, 4.69) is 35.6 Å². The Hall–Kier alpha value is -3.00. The van der Waals surface area contributed by atoms with Crippen LogP contribution in [-0.2, 0) is 0 Å². The Bertz CT molecular complexity index is 919. The van der Waals surface area contributed by atoms with Crippen molar-refractivity contribution in [2.24, 2.45) is 5.41 Å². The van der Waals surface area contributed by atoms with E-state index in [9.17, 15) is 5.11 Å². The highest BCUT2D eigenvalue weighted by molar-refractivity contribution is 5.73. The first-order valence-corrected chi connectivity index (χ1v) is 8.70. The molecule has 0 saturated carbocycles. The zero-order chi connectivity index (χ0) is 17.6. The van der Waals surface area contributed by atoms with Crippen LogP contribution in [0, 0.1) is 5.41 Å². The number of nitrogens with one attached hydrogen (secondary N) is 2. The Morgan fingerprint density at radius 1 is 1.12 bits per heavy atom. The predicted octanol–water partition coefficient (Wildman–Crippen LogP) is 1.43. The van der Waals surface area contributed by atoms with E-state index in [-0.39, 0.29) is 5.75 Å². The molecular weight excluding hydrogens is 330 g/mol. The maximum Gasteiger partial charge on any atom is 0.245 e. The summed E-state index contributed by atoms with van der Waals surface area (Å²) in [7, 11) is 0. The van der Waals surface area contributed by atoms with E-state index in [1.54, 1.807) is 24.7 Å². The van der Waals surface area contributed by atoms with Crippen molar-refractivity contribution in [3.8, 4) is 28.1 Å². The van der Waals surface area contributed by atoms with E-state index in [1.807, 2.05) is 12.1 Å². The molecule has 0 atom stereocenters. The molecule has 1 aromatic carbocycles. The number of aromatic hydroxyl groups is 1. The molecule has 8 heteroatoms. The van der Waals surface area contributed by atoms with E-state index in [0.29, 0.717) is 22.6 Å². The normalized spacial score (nSPS) is 18.2. The van der Waals surface area contributed by atoms with Gasteiger partial charge >= 0.3 is 0 Å². The van der Waals surface area contributed by atoms with Gasteiger partial charge in [0.15, 0.2) is 0 Å². The van der Waals surface area contributed by atoms with Crippen LogP contribution < -0.4 is 10.2 Å². The average Bonchev–Trinajstić information content (AvgIpc) is 3.32. The molecule has 0 radical (unpaired) electrons. The number of hydrogen-bond donors (Lipinski definition) is 3. The van der Waals surface area contributed by atoms with Gasteiger partial charge < -0.3 is 15.3 Å². The molecule has 0 unspecified atom stereocenters. The molecule has 0 bridgehead atoms. The standard InChI is InChI=1S/C18H19N7O/c26-16-5-12(13-6-21-22-7-13)1-2-14(16)15-8-20-17(24-23-15)25-4-3-18(11-25)9-19-10-18/h1-2,5-8,19,26H,3-4,9-11H2,(H,21,22). The third-order valence-corrected chi connectivity index (χ3v) is 5.38. The van der Waals surface area contributed by atoms with E-state index in [0.717, 1.165) is 37.3 Å². The maximum absolute atomic E-state index is 10.4. The zero-order valence-corrected chi connectivity index (χ0v) is 14.2. The molecule has 0 aliphatic carbocycles. The summed E-state index contributed by atoms with van der Waals surface area (Å²) in [5.41, 5.74) is 3.37. The van der Waals surface area contributed by atoms with Crippen molar-refractivity contribution in [1.29, 1.82) is 0 Å². The zero-order valence-electron chi connectivity index (χ0n) is 14.2. The van der Waals surface area contributed by atoms with E-state index < -0.39 is 0 Å². The van der Waals surface area contributed by atoms with E-state index in [1.165, 1.54) is 6.42 Å². The average molecular weight is 349 g/mol. The lowest BCUT2D eigenvalue weighted by atomic mass is 9.81. The topological polar surface area (TPSA) is 103 Å². The summed E-state index contributed by atoms with van der Waals surface area (Å²) in [5.74, 6) is 0.806. The van der Waals surface area contributed by atoms with Gasteiger partial charge in [-0.15, -0.1) is 10.2 Å². The van der Waals surface area contributed by atoms with Crippen molar-refractivity contribution in [2.75, 3.05) is 31.1 Å². The molecule has 2 saturated heterocycles. The van der Waals surface area contributed by atoms with Crippen LogP contribution in [-0.4, -0.2) is 56.7 Å². The summed E-state index contributed by atoms with van der Waals surface area (Å²) in [6, 6.07) is 5.45. The van der Waals surface area contributed by atoms with Crippen molar-refractivity contribution in [3.63, 3.8) is 0 Å². The fourth-order valence-electron chi connectivity index (χ4n) is 3.75. The summed E-state index contributed by atoms with van der Waals surface area (Å²) in [4.78, 5) is 6.67. The van der Waals surface area contributed by atoms with Crippen LogP contribution in [0.15, 0.2) is 36.8 Å². The number of phenolic OH excluding ortho intramolecular Hbond substituents is 1. The lowest BCUT2D eigenvalue weighted by Crippen LogP contribution is -2.54. The first-order valence-electron chi connectivity index (χ1n) is 8.70. The molecule has 3 N–H and O–H groups in total. The molecule has 3 aromatic rings. The Kier molecular flexibility index (Phi) is 3.39. The summed E-state index contributed by atoms with van der Waals surface area (Å²) in [6.45, 7) is 4.09. The minimum absolute atomic E-state index is 0.146. The van der Waals surface area contributed by atoms with Gasteiger partial charge in [-0.05, 0) is 24.1 Å². The van der Waals surface area contributed by atoms with Crippen LogP contribution in [0.2, 0.25) is 0 Å². The molecule has 0 amide bonds. The number of hydrogen-bond acceptors (Lipinski definition) is 7. The Balaban J connectivity index is 1.37. The largest absolute Gasteiger partial charge is 0.507 e. The van der Waals surface area contributed by atoms with Gasteiger partial charge in [-0.1, -0.05) is 6.07 Å². The second kappa shape index (κ2) is 5.77. The Morgan fingerprint density at radius 3 is 2.65 bits per heavy atom. The molecule has 132 valence electrons. The fraction of sp³-hybridized carbons (Fsp3) is 0.333. The fourth-order valence-corrected chi connectivity index (χ4v) is 3.75. The van der Waals surface area contributed by atoms with Gasteiger partial charge in [0.1, 0.15) is 11.4 Å². The van der Waals surface area contributed by atoms with Crippen molar-refractivity contribution in [1.82, 2.24) is 30.7 Å². The van der Waals surface area contributed by atoms with Gasteiger partial charge in [-0.2, -0.15) is 5.10 Å². The monoisotopic (exact) mass is 349 g/mol. The molecule has 2 aliphatic heterocycles. The van der Waals surface area contributed by atoms with Crippen molar-refractivity contribution < 1.29 is 5.11 Å². The summed E-state index contributed by atoms with van der Waals surface area (Å²) < 4.78 is 0. The second-order valence-corrected chi connectivity index (χ2v) is 7.14. The first kappa shape index (κ1) is 15.3. The molecular formula is C18H19N7O. The molecule has 4 heterocycles. The molecule has 2 aromatic heterocycles. The molecule has 26 heavy (non-hydrogen) atoms. The van der Waals surface area contributed by atoms with Crippen LogP contribution in [0.1, 0.15) is 6.42 Å². The summed E-state index contributed by atoms with van der Waals surface area (Å²) in [6.07, 6.45) is 6.34. The van der Waals surface area contributed by atoms with Crippen LogP contribution in [0.5, 0.6) is 5.75 Å². The maximum atomic E-state index is 10.4. The highest BCUT2D eigenvalue weighted by Crippen LogP contribution is 2.36. The molecule has 5 rings (SSSR count). The number of rotatable bonds is 3. The lowest BCUT2D eigenvalue weighted by Gasteiger charge is -2.38. The van der Waals surface area contributed by atoms with E-state index >= 15 is 0 Å². The highest BCUT2D eigenvalue weighted by atomic mass is 16.3. The molecule has 8 nitrogen and oxygen atoms in total. The van der Waals surface area contributed by atoms with Crippen LogP contribution >= 0.6 is 0 Å². The SMILES string of the molecule is Oc1cc(-c2cn[nH]c2)ccc1-c1cnc(N2CCC3(CNC3)C2)nn1. The van der Waals surface area contributed by atoms with Gasteiger partial charge in [0.25, 0.3) is 0 Å². The Morgan fingerprint density at radius 2 is 2.04 bits per heavy atom. The van der Waals surface area contributed by atoms with Crippen molar-refractivity contribution in [3.05, 3.63) is 36.8 Å². The number of aromatic amines is 1. The van der Waals surface area contributed by atoms with Gasteiger partial charge in [-0.3, -0.25) is 5.10 Å². The van der Waals surface area contributed by atoms with Crippen LogP contribution in [0.3, 0.4) is 0 Å². The molecule has 2 aliphatic rings. The van der Waals surface area contributed by atoms with Gasteiger partial charge in [0.05, 0.1) is 12.4 Å². The van der Waals surface area contributed by atoms with Crippen LogP contribution in [0.4, 0.5) is 5.95 Å². The quantitative estimate of drug-likeness (QED) is 0.657. The number of aromatic nitrogens is 5. The first-order chi connectivity index (χ1) is 12.7. The van der Waals surface area contributed by atoms with Gasteiger partial charge in [-0.25, -0.2) is 4.98 Å². The minimum Gasteiger partial charge on any atom is -0.507 e. The van der Waals surface area contributed by atoms with Gasteiger partial charge in [0, 0.05) is 48.9 Å². The third-order valence-electron chi connectivity index (χ3n) is 5.38.